The first-order valence-corrected chi connectivity index (χ1v) is 11.1. The first-order chi connectivity index (χ1) is 15.8. The van der Waals surface area contributed by atoms with E-state index in [1.54, 1.807) is 6.20 Å². The van der Waals surface area contributed by atoms with Crippen molar-refractivity contribution in [2.24, 2.45) is 0 Å². The van der Waals surface area contributed by atoms with E-state index in [0.717, 1.165) is 16.0 Å². The molecule has 0 radical (unpaired) electrons. The number of amides is 2. The highest BCUT2D eigenvalue weighted by Gasteiger charge is 2.17. The van der Waals surface area contributed by atoms with Gasteiger partial charge < -0.3 is 24.8 Å². The van der Waals surface area contributed by atoms with Crippen LogP contribution in [0.4, 0.5) is 5.13 Å². The predicted octanol–water partition coefficient (Wildman–Crippen LogP) is 4.09. The SMILES string of the molecule is COc1cc(C(=O)NCC(=O)Nc2ncc(Cc3ccc(C)c(Cl)c3)s2)cc(OC)c1OC. The summed E-state index contributed by atoms with van der Waals surface area (Å²) in [5, 5.41) is 6.44. The number of hydrogen-bond donors (Lipinski definition) is 2. The molecule has 10 heteroatoms. The topological polar surface area (TPSA) is 98.8 Å². The van der Waals surface area contributed by atoms with Crippen molar-refractivity contribution in [1.82, 2.24) is 10.3 Å². The molecule has 0 unspecified atom stereocenters. The number of nitrogens with zero attached hydrogens (tertiary/aromatic N) is 1. The van der Waals surface area contributed by atoms with Gasteiger partial charge >= 0.3 is 0 Å². The molecule has 0 aliphatic carbocycles. The number of rotatable bonds is 9. The highest BCUT2D eigenvalue weighted by atomic mass is 35.5. The Balaban J connectivity index is 1.57. The summed E-state index contributed by atoms with van der Waals surface area (Å²) in [4.78, 5) is 30.0. The van der Waals surface area contributed by atoms with Gasteiger partial charge in [-0.3, -0.25) is 9.59 Å². The zero-order valence-corrected chi connectivity index (χ0v) is 20.2. The Morgan fingerprint density at radius 2 is 1.76 bits per heavy atom. The van der Waals surface area contributed by atoms with Gasteiger partial charge in [0.1, 0.15) is 0 Å². The van der Waals surface area contributed by atoms with Crippen LogP contribution in [0.25, 0.3) is 0 Å². The van der Waals surface area contributed by atoms with Gasteiger partial charge in [-0.2, -0.15) is 0 Å². The molecular weight excluding hydrogens is 466 g/mol. The van der Waals surface area contributed by atoms with E-state index in [-0.39, 0.29) is 12.1 Å². The molecule has 33 heavy (non-hydrogen) atoms. The Kier molecular flexibility index (Phi) is 8.13. The van der Waals surface area contributed by atoms with Crippen LogP contribution < -0.4 is 24.8 Å². The Morgan fingerprint density at radius 1 is 1.06 bits per heavy atom. The second kappa shape index (κ2) is 11.0. The number of aryl methyl sites for hydroxylation is 1. The second-order valence-corrected chi connectivity index (χ2v) is 8.56. The van der Waals surface area contributed by atoms with E-state index in [0.29, 0.717) is 33.8 Å². The van der Waals surface area contributed by atoms with E-state index >= 15 is 0 Å². The zero-order valence-electron chi connectivity index (χ0n) is 18.7. The van der Waals surface area contributed by atoms with Gasteiger partial charge in [0.15, 0.2) is 16.6 Å². The molecule has 2 N–H and O–H groups in total. The van der Waals surface area contributed by atoms with E-state index in [1.165, 1.54) is 44.8 Å². The van der Waals surface area contributed by atoms with Crippen molar-refractivity contribution < 1.29 is 23.8 Å². The smallest absolute Gasteiger partial charge is 0.251 e. The normalized spacial score (nSPS) is 10.5. The maximum Gasteiger partial charge on any atom is 0.251 e. The maximum absolute atomic E-state index is 12.5. The summed E-state index contributed by atoms with van der Waals surface area (Å²) < 4.78 is 15.8. The summed E-state index contributed by atoms with van der Waals surface area (Å²) in [6.07, 6.45) is 2.37. The molecule has 2 aromatic carbocycles. The number of carbonyl (C=O) groups is 2. The first kappa shape index (κ1) is 24.3. The third-order valence-corrected chi connectivity index (χ3v) is 6.07. The van der Waals surface area contributed by atoms with Gasteiger partial charge in [-0.15, -0.1) is 11.3 Å². The standard InChI is InChI=1S/C23H24ClN3O5S/c1-13-5-6-14(8-17(13)24)7-16-11-26-23(33-16)27-20(28)12-25-22(29)15-9-18(30-2)21(32-4)19(10-15)31-3/h5-6,8-11H,7,12H2,1-4H3,(H,25,29)(H,26,27,28). The minimum Gasteiger partial charge on any atom is -0.493 e. The van der Waals surface area contributed by atoms with Crippen LogP contribution in [0.5, 0.6) is 17.2 Å². The number of benzene rings is 2. The van der Waals surface area contributed by atoms with Crippen molar-refractivity contribution in [2.75, 3.05) is 33.2 Å². The quantitative estimate of drug-likeness (QED) is 0.469. The van der Waals surface area contributed by atoms with Gasteiger partial charge in [0, 0.05) is 28.1 Å². The van der Waals surface area contributed by atoms with Crippen LogP contribution >= 0.6 is 22.9 Å². The van der Waals surface area contributed by atoms with Gasteiger partial charge in [0.05, 0.1) is 27.9 Å². The average molecular weight is 490 g/mol. The summed E-state index contributed by atoms with van der Waals surface area (Å²) in [5.74, 6) is 0.214. The number of thiazole rings is 1. The van der Waals surface area contributed by atoms with E-state index < -0.39 is 11.8 Å². The molecule has 1 aromatic heterocycles. The number of hydrogen-bond acceptors (Lipinski definition) is 7. The average Bonchev–Trinajstić information content (AvgIpc) is 3.25. The summed E-state index contributed by atoms with van der Waals surface area (Å²) >= 11 is 7.55. The molecule has 0 atom stereocenters. The van der Waals surface area contributed by atoms with Crippen LogP contribution in [-0.2, 0) is 11.2 Å². The van der Waals surface area contributed by atoms with Gasteiger partial charge in [0.25, 0.3) is 5.91 Å². The summed E-state index contributed by atoms with van der Waals surface area (Å²) in [6.45, 7) is 1.73. The number of ether oxygens (including phenoxy) is 3. The number of methoxy groups -OCH3 is 3. The molecule has 0 fully saturated rings. The fraction of sp³-hybridized carbons (Fsp3) is 0.261. The summed E-state index contributed by atoms with van der Waals surface area (Å²) in [5.41, 5.74) is 2.35. The van der Waals surface area contributed by atoms with Gasteiger partial charge in [-0.05, 0) is 36.2 Å². The molecule has 1 heterocycles. The fourth-order valence-corrected chi connectivity index (χ4v) is 4.10. The molecule has 0 aliphatic rings. The van der Waals surface area contributed by atoms with Crippen molar-refractivity contribution in [3.05, 3.63) is 63.1 Å². The molecule has 0 spiro atoms. The highest BCUT2D eigenvalue weighted by molar-refractivity contribution is 7.15. The molecule has 174 valence electrons. The monoisotopic (exact) mass is 489 g/mol. The summed E-state index contributed by atoms with van der Waals surface area (Å²) in [6, 6.07) is 8.93. The van der Waals surface area contributed by atoms with E-state index in [4.69, 9.17) is 25.8 Å². The number of carbonyl (C=O) groups excluding carboxylic acids is 2. The highest BCUT2D eigenvalue weighted by Crippen LogP contribution is 2.38. The number of halogens is 1. The Morgan fingerprint density at radius 3 is 2.36 bits per heavy atom. The second-order valence-electron chi connectivity index (χ2n) is 7.04. The Hall–Kier alpha value is -3.30. The van der Waals surface area contributed by atoms with Gasteiger partial charge in [-0.1, -0.05) is 23.7 Å². The van der Waals surface area contributed by atoms with Crippen molar-refractivity contribution in [3.63, 3.8) is 0 Å². The lowest BCUT2D eigenvalue weighted by Gasteiger charge is -2.14. The molecular formula is C23H24ClN3O5S. The minimum atomic E-state index is -0.458. The van der Waals surface area contributed by atoms with E-state index in [2.05, 4.69) is 15.6 Å². The lowest BCUT2D eigenvalue weighted by atomic mass is 10.1. The van der Waals surface area contributed by atoms with Crippen LogP contribution in [-0.4, -0.2) is 44.7 Å². The Bertz CT molecular complexity index is 1140. The van der Waals surface area contributed by atoms with Crippen LogP contribution in [0, 0.1) is 6.92 Å². The van der Waals surface area contributed by atoms with Crippen molar-refractivity contribution in [3.8, 4) is 17.2 Å². The molecule has 8 nitrogen and oxygen atoms in total. The third-order valence-electron chi connectivity index (χ3n) is 4.75. The van der Waals surface area contributed by atoms with Crippen molar-refractivity contribution in [1.29, 1.82) is 0 Å². The van der Waals surface area contributed by atoms with E-state index in [9.17, 15) is 9.59 Å². The molecule has 0 aliphatic heterocycles. The largest absolute Gasteiger partial charge is 0.493 e. The third kappa shape index (κ3) is 6.15. The van der Waals surface area contributed by atoms with Crippen molar-refractivity contribution >= 4 is 39.9 Å². The lowest BCUT2D eigenvalue weighted by molar-refractivity contribution is -0.115. The molecule has 0 bridgehead atoms. The van der Waals surface area contributed by atoms with Crippen LogP contribution in [0.3, 0.4) is 0 Å². The number of nitrogens with one attached hydrogen (secondary N) is 2. The van der Waals surface area contributed by atoms with Crippen molar-refractivity contribution in [2.45, 2.75) is 13.3 Å². The van der Waals surface area contributed by atoms with E-state index in [1.807, 2.05) is 25.1 Å². The lowest BCUT2D eigenvalue weighted by Crippen LogP contribution is -2.32. The number of anilines is 1. The number of aromatic nitrogens is 1. The van der Waals surface area contributed by atoms with Crippen LogP contribution in [0.1, 0.15) is 26.4 Å². The maximum atomic E-state index is 12.5. The van der Waals surface area contributed by atoms with Crippen LogP contribution in [0.15, 0.2) is 36.5 Å². The Labute approximate surface area is 200 Å². The molecule has 0 saturated carbocycles. The van der Waals surface area contributed by atoms with Gasteiger partial charge in [-0.25, -0.2) is 4.98 Å². The van der Waals surface area contributed by atoms with Gasteiger partial charge in [0.2, 0.25) is 11.7 Å². The fourth-order valence-electron chi connectivity index (χ4n) is 3.03. The zero-order chi connectivity index (χ0) is 24.0. The predicted molar refractivity (Wildman–Crippen MR) is 128 cm³/mol. The molecule has 2 amide bonds. The summed E-state index contributed by atoms with van der Waals surface area (Å²) in [7, 11) is 4.40. The molecule has 3 aromatic rings. The van der Waals surface area contributed by atoms with Crippen LogP contribution in [0.2, 0.25) is 5.02 Å². The minimum absolute atomic E-state index is 0.224. The molecule has 0 saturated heterocycles. The molecule has 3 rings (SSSR count). The first-order valence-electron chi connectivity index (χ1n) is 9.92.